The fourth-order valence-electron chi connectivity index (χ4n) is 11.2. The number of methoxy groups -OCH3 is 2. The third-order valence-electron chi connectivity index (χ3n) is 15.4. The molecule has 0 spiro atoms. The largest absolute Gasteiger partial charge is 0.466 e. The van der Waals surface area contributed by atoms with Crippen LogP contribution in [-0.2, 0) is 106 Å². The van der Waals surface area contributed by atoms with Crippen LogP contribution in [0.3, 0.4) is 0 Å². The molecule has 23 heteroatoms. The van der Waals surface area contributed by atoms with Crippen LogP contribution in [0.4, 0.5) is 0 Å². The normalized spacial score (nSPS) is 32.9. The van der Waals surface area contributed by atoms with Crippen LogP contribution in [0.25, 0.3) is 0 Å². The van der Waals surface area contributed by atoms with Crippen LogP contribution in [-0.4, -0.2) is 191 Å². The molecule has 84 heavy (non-hydrogen) atoms. The molecule has 1 aromatic carbocycles. The Balaban J connectivity index is 0.000000351. The minimum Gasteiger partial charge on any atom is -0.466 e. The number of hydrogen-bond donors (Lipinski definition) is 2. The minimum absolute atomic E-state index is 0. The molecule has 6 aliphatic heterocycles. The van der Waals surface area contributed by atoms with Crippen LogP contribution in [0.15, 0.2) is 30.3 Å². The van der Waals surface area contributed by atoms with E-state index in [1.54, 1.807) is 27.9 Å². The fraction of sp³-hybridized carbons (Fsp3) is 0.803. The molecule has 7 rings (SSSR count). The van der Waals surface area contributed by atoms with Crippen LogP contribution < -0.4 is 0 Å². The number of rotatable bonds is 21. The second-order valence-electron chi connectivity index (χ2n) is 24.4. The summed E-state index contributed by atoms with van der Waals surface area (Å²) in [6.45, 7) is 21.2. The monoisotopic (exact) mass is 1200 g/mol. The summed E-state index contributed by atoms with van der Waals surface area (Å²) in [6, 6.07) is 9.80. The van der Waals surface area contributed by atoms with Gasteiger partial charge in [-0.1, -0.05) is 51.6 Å². The van der Waals surface area contributed by atoms with Crippen molar-refractivity contribution >= 4 is 35.8 Å². The SMILES string of the molecule is C.CO.COC12CC[C@H](CCOC(=O)C(C)(C)C)O[C@@H]1[C@@H](OC(C)=O)[C@@H]1O[C@H](C[C@@H](C)COC(C)=O)[C@H](O)[C@@H]1O2.COC12CC[C@H](CCOC(=O)C(C)(C)C)O[C@@H]1[C@@H](OC(C)=O)[C@@H]1O[C@H](C[C@@H](C)COC(C)=O)[C@H](OCc3ccccc3)[C@@H]1O2. The summed E-state index contributed by atoms with van der Waals surface area (Å²) in [6.07, 6.45) is -5.54. The number of aliphatic hydroxyl groups is 2. The van der Waals surface area contributed by atoms with Crippen LogP contribution in [0, 0.1) is 22.7 Å². The predicted molar refractivity (Wildman–Crippen MR) is 300 cm³/mol. The summed E-state index contributed by atoms with van der Waals surface area (Å²) in [4.78, 5) is 71.5. The highest BCUT2D eigenvalue weighted by atomic mass is 16.8. The number of hydrogen-bond acceptors (Lipinski definition) is 23. The molecule has 0 saturated carbocycles. The molecule has 0 aliphatic carbocycles. The highest BCUT2D eigenvalue weighted by molar-refractivity contribution is 5.75. The summed E-state index contributed by atoms with van der Waals surface area (Å²) >= 11 is 0. The van der Waals surface area contributed by atoms with Gasteiger partial charge in [-0.05, 0) is 84.6 Å². The summed E-state index contributed by atoms with van der Waals surface area (Å²) < 4.78 is 90.0. The average Bonchev–Trinajstić information content (AvgIpc) is 1.48. The molecule has 23 nitrogen and oxygen atoms in total. The van der Waals surface area contributed by atoms with Crippen molar-refractivity contribution in [1.82, 2.24) is 0 Å². The van der Waals surface area contributed by atoms with E-state index in [9.17, 15) is 33.9 Å². The molecule has 6 aliphatic rings. The first kappa shape index (κ1) is 72.1. The lowest BCUT2D eigenvalue weighted by Gasteiger charge is -2.53. The Labute approximate surface area is 496 Å². The number of aliphatic hydroxyl groups excluding tert-OH is 2. The molecular formula is C61H98O23. The maximum Gasteiger partial charge on any atom is 0.311 e. The molecule has 6 heterocycles. The van der Waals surface area contributed by atoms with E-state index in [-0.39, 0.29) is 81.8 Å². The van der Waals surface area contributed by atoms with Gasteiger partial charge >= 0.3 is 35.8 Å². The number of carbonyl (C=O) groups excluding carboxylic acids is 6. The highest BCUT2D eigenvalue weighted by Gasteiger charge is 2.67. The van der Waals surface area contributed by atoms with Gasteiger partial charge in [-0.15, -0.1) is 0 Å². The molecule has 480 valence electrons. The Kier molecular flexibility index (Phi) is 27.5. The van der Waals surface area contributed by atoms with Crippen LogP contribution >= 0.6 is 0 Å². The van der Waals surface area contributed by atoms with Gasteiger partial charge in [0.05, 0.1) is 68.3 Å². The van der Waals surface area contributed by atoms with Gasteiger partial charge in [0.2, 0.25) is 0 Å². The zero-order valence-electron chi connectivity index (χ0n) is 51.3. The number of carbonyl (C=O) groups is 6. The smallest absolute Gasteiger partial charge is 0.311 e. The van der Waals surface area contributed by atoms with Gasteiger partial charge in [-0.2, -0.15) is 0 Å². The molecule has 18 atom stereocenters. The van der Waals surface area contributed by atoms with Gasteiger partial charge in [-0.25, -0.2) is 0 Å². The van der Waals surface area contributed by atoms with Crippen molar-refractivity contribution in [2.24, 2.45) is 22.7 Å². The van der Waals surface area contributed by atoms with Crippen molar-refractivity contribution in [2.75, 3.05) is 47.8 Å². The van der Waals surface area contributed by atoms with Crippen LogP contribution in [0.2, 0.25) is 0 Å². The predicted octanol–water partition coefficient (Wildman–Crippen LogP) is 6.28. The number of esters is 6. The van der Waals surface area contributed by atoms with Gasteiger partial charge < -0.3 is 81.3 Å². The fourth-order valence-corrected chi connectivity index (χ4v) is 11.2. The highest BCUT2D eigenvalue weighted by Crippen LogP contribution is 2.50. The van der Waals surface area contributed by atoms with E-state index in [0.29, 0.717) is 58.0 Å². The molecule has 0 amide bonds. The first-order chi connectivity index (χ1) is 39.1. The second kappa shape index (κ2) is 32.0. The van der Waals surface area contributed by atoms with Gasteiger partial charge in [-0.3, -0.25) is 28.8 Å². The molecule has 0 aromatic heterocycles. The lowest BCUT2D eigenvalue weighted by atomic mass is 9.84. The third kappa shape index (κ3) is 19.1. The van der Waals surface area contributed by atoms with Crippen molar-refractivity contribution in [3.63, 3.8) is 0 Å². The van der Waals surface area contributed by atoms with E-state index in [1.807, 2.05) is 65.0 Å². The van der Waals surface area contributed by atoms with E-state index in [4.69, 9.17) is 76.2 Å². The number of ether oxygens (including phenoxy) is 15. The van der Waals surface area contributed by atoms with Crippen LogP contribution in [0.1, 0.15) is 147 Å². The molecule has 6 fully saturated rings. The first-order valence-corrected chi connectivity index (χ1v) is 28.9. The molecule has 0 bridgehead atoms. The second-order valence-corrected chi connectivity index (χ2v) is 24.4. The Hall–Kier alpha value is -4.40. The van der Waals surface area contributed by atoms with Crippen molar-refractivity contribution in [2.45, 2.75) is 246 Å². The minimum atomic E-state index is -1.25. The van der Waals surface area contributed by atoms with Crippen molar-refractivity contribution in [3.8, 4) is 0 Å². The Morgan fingerprint density at radius 2 is 1.00 bits per heavy atom. The molecule has 6 saturated heterocycles. The summed E-state index contributed by atoms with van der Waals surface area (Å²) in [5, 5.41) is 18.1. The standard InChI is InChI=1S/C33H48O11.C26H42O11.CH4O.CH4/c1-20(18-39-21(2)34)17-25-26(40-19-23-11-9-8-10-12-23)28-27(43-25)29(41-22(3)35)30-33(37-7,44-28)15-13-24(42-30)14-16-38-31(36)32(4,5)6;1-14(13-33-15(2)27)12-18-19(29)20-21(36-18)22(34-16(3)28)23-26(31-7,37-20)10-8-17(35-23)9-11-32-24(30)25(4,5)6;1-2;/h8-12,20,24-30H,13-19H2,1-7H3;14,17-23,29H,8-13H2,1-7H3;2H,1H3;1H4/t20-,24-,25-,26+,27-,28+,29+,30-,33?;14-,17-,18-,19+,20+,21-,22+,23-,26?;;/m11../s1. The third-order valence-corrected chi connectivity index (χ3v) is 15.4. The number of benzene rings is 1. The molecular weight excluding hydrogens is 1100 g/mol. The molecule has 2 N–H and O–H groups in total. The molecule has 0 radical (unpaired) electrons. The van der Waals surface area contributed by atoms with Crippen molar-refractivity contribution in [1.29, 1.82) is 0 Å². The lowest BCUT2D eigenvalue weighted by Crippen LogP contribution is -2.69. The van der Waals surface area contributed by atoms with Crippen LogP contribution in [0.5, 0.6) is 0 Å². The van der Waals surface area contributed by atoms with Gasteiger partial charge in [0.15, 0.2) is 36.0 Å². The van der Waals surface area contributed by atoms with E-state index in [1.165, 1.54) is 34.8 Å². The van der Waals surface area contributed by atoms with E-state index < -0.39 is 108 Å². The Morgan fingerprint density at radius 1 is 0.583 bits per heavy atom. The maximum absolute atomic E-state index is 12.4. The molecule has 1 aromatic rings. The maximum atomic E-state index is 12.4. The zero-order valence-corrected chi connectivity index (χ0v) is 51.3. The summed E-state index contributed by atoms with van der Waals surface area (Å²) in [5.41, 5.74) is -0.209. The van der Waals surface area contributed by atoms with E-state index in [0.717, 1.165) is 12.7 Å². The van der Waals surface area contributed by atoms with Gasteiger partial charge in [0, 0.05) is 74.7 Å². The first-order valence-electron chi connectivity index (χ1n) is 28.9. The Bertz CT molecular complexity index is 2250. The zero-order chi connectivity index (χ0) is 61.6. The van der Waals surface area contributed by atoms with E-state index >= 15 is 0 Å². The van der Waals surface area contributed by atoms with Gasteiger partial charge in [0.25, 0.3) is 0 Å². The van der Waals surface area contributed by atoms with Crippen molar-refractivity contribution < 1.29 is 110 Å². The van der Waals surface area contributed by atoms with E-state index in [2.05, 4.69) is 0 Å². The average molecular weight is 1200 g/mol. The number of fused-ring (bicyclic) bond motifs is 4. The van der Waals surface area contributed by atoms with Crippen molar-refractivity contribution in [3.05, 3.63) is 35.9 Å². The van der Waals surface area contributed by atoms with Gasteiger partial charge in [0.1, 0.15) is 36.6 Å². The Morgan fingerprint density at radius 3 is 1.42 bits per heavy atom. The summed E-state index contributed by atoms with van der Waals surface area (Å²) in [5.74, 6) is -4.88. The summed E-state index contributed by atoms with van der Waals surface area (Å²) in [7, 11) is 4.05. The lowest BCUT2D eigenvalue weighted by molar-refractivity contribution is -0.383. The molecule has 2 unspecified atom stereocenters. The quantitative estimate of drug-likeness (QED) is 0.101. The topological polar surface area (TPSA) is 281 Å².